The quantitative estimate of drug-likeness (QED) is 0.207. The summed E-state index contributed by atoms with van der Waals surface area (Å²) in [5, 5.41) is 14.3. The lowest BCUT2D eigenvalue weighted by Crippen LogP contribution is -2.38. The van der Waals surface area contributed by atoms with E-state index in [1.807, 2.05) is 55.5 Å². The number of nitrogens with one attached hydrogen (secondary N) is 3. The van der Waals surface area contributed by atoms with Crippen molar-refractivity contribution in [3.8, 4) is 0 Å². The smallest absolute Gasteiger partial charge is 0.246 e. The van der Waals surface area contributed by atoms with E-state index in [-0.39, 0.29) is 36.4 Å². The molecule has 0 aliphatic carbocycles. The molecule has 3 rings (SSSR count). The fourth-order valence-corrected chi connectivity index (χ4v) is 3.25. The number of nitrogens with zero attached hydrogens (tertiary/aromatic N) is 3. The van der Waals surface area contributed by atoms with Crippen molar-refractivity contribution in [3.63, 3.8) is 0 Å². The maximum Gasteiger partial charge on any atom is 0.246 e. The zero-order valence-electron chi connectivity index (χ0n) is 17.9. The van der Waals surface area contributed by atoms with Crippen LogP contribution in [0.1, 0.15) is 18.1 Å². The van der Waals surface area contributed by atoms with E-state index in [4.69, 9.17) is 11.6 Å². The van der Waals surface area contributed by atoms with E-state index in [0.717, 1.165) is 47.3 Å². The standard InChI is InChI=1S/C23H27ClN6O.HI/c1-2-25-23(26-13-11-19-8-3-4-10-21(19)24)27-16-18-7-5-9-20(15-18)29-22(31)17-30-14-6-12-28-30;/h3-10,12,14-15H,2,11,13,16-17H2,1H3,(H,29,31)(H2,25,26,27);1H. The first-order chi connectivity index (χ1) is 15.1. The number of amides is 1. The van der Waals surface area contributed by atoms with Crippen molar-refractivity contribution in [1.29, 1.82) is 0 Å². The number of hydrogen-bond acceptors (Lipinski definition) is 3. The summed E-state index contributed by atoms with van der Waals surface area (Å²) >= 11 is 6.22. The molecule has 1 amide bonds. The Kier molecular flexibility index (Phi) is 11.0. The first kappa shape index (κ1) is 25.7. The summed E-state index contributed by atoms with van der Waals surface area (Å²) in [6.45, 7) is 4.18. The molecule has 7 nitrogen and oxygen atoms in total. The Morgan fingerprint density at radius 3 is 2.72 bits per heavy atom. The van der Waals surface area contributed by atoms with Crippen LogP contribution in [0.3, 0.4) is 0 Å². The van der Waals surface area contributed by atoms with Gasteiger partial charge >= 0.3 is 0 Å². The van der Waals surface area contributed by atoms with Crippen LogP contribution in [0.2, 0.25) is 5.02 Å². The molecule has 0 aliphatic rings. The van der Waals surface area contributed by atoms with Crippen LogP contribution in [0.15, 0.2) is 72.0 Å². The molecule has 3 aromatic rings. The number of hydrogen-bond donors (Lipinski definition) is 3. The lowest BCUT2D eigenvalue weighted by Gasteiger charge is -2.12. The van der Waals surface area contributed by atoms with Gasteiger partial charge in [0.1, 0.15) is 6.54 Å². The van der Waals surface area contributed by atoms with Gasteiger partial charge in [-0.15, -0.1) is 24.0 Å². The molecule has 0 aliphatic heterocycles. The van der Waals surface area contributed by atoms with Crippen molar-refractivity contribution in [2.45, 2.75) is 26.4 Å². The molecule has 0 bridgehead atoms. The molecule has 0 spiro atoms. The van der Waals surface area contributed by atoms with Gasteiger partial charge in [0.05, 0.1) is 6.54 Å². The van der Waals surface area contributed by atoms with Crippen molar-refractivity contribution in [3.05, 3.63) is 83.1 Å². The topological polar surface area (TPSA) is 83.3 Å². The summed E-state index contributed by atoms with van der Waals surface area (Å²) in [5.74, 6) is 0.613. The molecule has 0 radical (unpaired) electrons. The summed E-state index contributed by atoms with van der Waals surface area (Å²) in [7, 11) is 0. The fourth-order valence-electron chi connectivity index (χ4n) is 3.02. The van der Waals surface area contributed by atoms with Crippen LogP contribution in [-0.2, 0) is 24.3 Å². The second-order valence-corrected chi connectivity index (χ2v) is 7.32. The van der Waals surface area contributed by atoms with Gasteiger partial charge in [-0.25, -0.2) is 4.99 Å². The van der Waals surface area contributed by atoms with Crippen LogP contribution in [-0.4, -0.2) is 34.7 Å². The van der Waals surface area contributed by atoms with Gasteiger partial charge in [0.15, 0.2) is 5.96 Å². The van der Waals surface area contributed by atoms with E-state index in [0.29, 0.717) is 6.54 Å². The van der Waals surface area contributed by atoms with Gasteiger partial charge in [0.2, 0.25) is 5.91 Å². The molecule has 0 atom stereocenters. The first-order valence-electron chi connectivity index (χ1n) is 10.3. The SMILES string of the molecule is CCNC(=NCc1cccc(NC(=O)Cn2cccn2)c1)NCCc1ccccc1Cl.I. The Hall–Kier alpha value is -2.59. The Labute approximate surface area is 210 Å². The molecule has 1 aromatic heterocycles. The molecule has 0 saturated carbocycles. The van der Waals surface area contributed by atoms with Crippen LogP contribution in [0, 0.1) is 0 Å². The monoisotopic (exact) mass is 566 g/mol. The predicted octanol–water partition coefficient (Wildman–Crippen LogP) is 4.09. The second kappa shape index (κ2) is 13.7. The van der Waals surface area contributed by atoms with Crippen LogP contribution < -0.4 is 16.0 Å². The van der Waals surface area contributed by atoms with Crippen molar-refractivity contribution in [2.24, 2.45) is 4.99 Å². The molecule has 0 saturated heterocycles. The number of aliphatic imine (C=N–C) groups is 1. The highest BCUT2D eigenvalue weighted by Crippen LogP contribution is 2.15. The number of anilines is 1. The number of guanidine groups is 1. The van der Waals surface area contributed by atoms with E-state index in [1.54, 1.807) is 23.1 Å². The van der Waals surface area contributed by atoms with Crippen LogP contribution in [0.4, 0.5) is 5.69 Å². The normalized spacial score (nSPS) is 10.9. The third kappa shape index (κ3) is 8.51. The number of carbonyl (C=O) groups excluding carboxylic acids is 1. The number of carbonyl (C=O) groups is 1. The minimum atomic E-state index is -0.126. The zero-order chi connectivity index (χ0) is 21.9. The van der Waals surface area contributed by atoms with E-state index in [2.05, 4.69) is 26.0 Å². The largest absolute Gasteiger partial charge is 0.357 e. The van der Waals surface area contributed by atoms with Gasteiger partial charge in [-0.3, -0.25) is 9.48 Å². The van der Waals surface area contributed by atoms with Crippen LogP contribution >= 0.6 is 35.6 Å². The minimum Gasteiger partial charge on any atom is -0.357 e. The predicted molar refractivity (Wildman–Crippen MR) is 141 cm³/mol. The molecule has 9 heteroatoms. The van der Waals surface area contributed by atoms with Crippen molar-refractivity contribution >= 4 is 53.1 Å². The van der Waals surface area contributed by atoms with Crippen molar-refractivity contribution in [2.75, 3.05) is 18.4 Å². The van der Waals surface area contributed by atoms with Gasteiger partial charge in [-0.1, -0.05) is 41.9 Å². The summed E-state index contributed by atoms with van der Waals surface area (Å²) in [5.41, 5.74) is 2.84. The van der Waals surface area contributed by atoms with Crippen molar-refractivity contribution < 1.29 is 4.79 Å². The Bertz CT molecular complexity index is 1010. The van der Waals surface area contributed by atoms with E-state index < -0.39 is 0 Å². The van der Waals surface area contributed by atoms with E-state index in [1.165, 1.54) is 0 Å². The van der Waals surface area contributed by atoms with Gasteiger partial charge in [0.25, 0.3) is 0 Å². The number of aromatic nitrogens is 2. The molecular weight excluding hydrogens is 539 g/mol. The molecule has 170 valence electrons. The Morgan fingerprint density at radius 1 is 1.12 bits per heavy atom. The Morgan fingerprint density at radius 2 is 1.97 bits per heavy atom. The number of benzene rings is 2. The average molecular weight is 567 g/mol. The summed E-state index contributed by atoms with van der Waals surface area (Å²) in [6, 6.07) is 17.3. The van der Waals surface area contributed by atoms with Gasteiger partial charge in [-0.05, 0) is 48.7 Å². The lowest BCUT2D eigenvalue weighted by atomic mass is 10.1. The molecule has 2 aromatic carbocycles. The maximum absolute atomic E-state index is 12.2. The van der Waals surface area contributed by atoms with Gasteiger partial charge < -0.3 is 16.0 Å². The molecule has 1 heterocycles. The Balaban J connectivity index is 0.00000363. The highest BCUT2D eigenvalue weighted by Gasteiger charge is 2.05. The van der Waals surface area contributed by atoms with E-state index >= 15 is 0 Å². The van der Waals surface area contributed by atoms with Gasteiger partial charge in [0, 0.05) is 36.2 Å². The molecule has 0 fully saturated rings. The highest BCUT2D eigenvalue weighted by molar-refractivity contribution is 14.0. The molecule has 0 unspecified atom stereocenters. The van der Waals surface area contributed by atoms with E-state index in [9.17, 15) is 4.79 Å². The summed E-state index contributed by atoms with van der Waals surface area (Å²) in [6.07, 6.45) is 4.21. The van der Waals surface area contributed by atoms with Crippen LogP contribution in [0.5, 0.6) is 0 Å². The third-order valence-electron chi connectivity index (χ3n) is 4.48. The maximum atomic E-state index is 12.2. The summed E-state index contributed by atoms with van der Waals surface area (Å²) < 4.78 is 1.58. The first-order valence-corrected chi connectivity index (χ1v) is 10.6. The highest BCUT2D eigenvalue weighted by atomic mass is 127. The average Bonchev–Trinajstić information content (AvgIpc) is 3.26. The number of halogens is 2. The van der Waals surface area contributed by atoms with Crippen LogP contribution in [0.25, 0.3) is 0 Å². The third-order valence-corrected chi connectivity index (χ3v) is 4.85. The minimum absolute atomic E-state index is 0. The molecule has 3 N–H and O–H groups in total. The molecule has 32 heavy (non-hydrogen) atoms. The van der Waals surface area contributed by atoms with Gasteiger partial charge in [-0.2, -0.15) is 5.10 Å². The summed E-state index contributed by atoms with van der Waals surface area (Å²) in [4.78, 5) is 16.8. The van der Waals surface area contributed by atoms with Crippen molar-refractivity contribution in [1.82, 2.24) is 20.4 Å². The molecular formula is C23H28ClIN6O. The lowest BCUT2D eigenvalue weighted by molar-refractivity contribution is -0.116. The second-order valence-electron chi connectivity index (χ2n) is 6.92. The number of rotatable bonds is 9. The fraction of sp³-hybridized carbons (Fsp3) is 0.261. The zero-order valence-corrected chi connectivity index (χ0v) is 21.0.